The second kappa shape index (κ2) is 7.47. The van der Waals surface area contributed by atoms with Gasteiger partial charge in [0.2, 0.25) is 0 Å². The van der Waals surface area contributed by atoms with Gasteiger partial charge in [0.05, 0.1) is 12.1 Å². The molecule has 0 saturated carbocycles. The van der Waals surface area contributed by atoms with Gasteiger partial charge in [-0.1, -0.05) is 43.0 Å². The van der Waals surface area contributed by atoms with Gasteiger partial charge in [-0.2, -0.15) is 0 Å². The highest BCUT2D eigenvalue weighted by atomic mass is 16.5. The molecule has 5 nitrogen and oxygen atoms in total. The predicted molar refractivity (Wildman–Crippen MR) is 85.0 cm³/mol. The lowest BCUT2D eigenvalue weighted by Crippen LogP contribution is -2.34. The maximum atomic E-state index is 11.9. The van der Waals surface area contributed by atoms with Crippen molar-refractivity contribution in [1.82, 2.24) is 5.32 Å². The van der Waals surface area contributed by atoms with E-state index >= 15 is 0 Å². The molecule has 1 aliphatic rings. The molecule has 0 fully saturated rings. The fourth-order valence-corrected chi connectivity index (χ4v) is 2.49. The van der Waals surface area contributed by atoms with Crippen LogP contribution in [0.15, 0.2) is 60.8 Å². The minimum atomic E-state index is -0.642. The molecule has 0 aromatic heterocycles. The minimum absolute atomic E-state index is 0.0794. The topological polar surface area (TPSA) is 84.6 Å². The average Bonchev–Trinajstić information content (AvgIpc) is 2.81. The van der Waals surface area contributed by atoms with Crippen molar-refractivity contribution < 1.29 is 14.6 Å². The van der Waals surface area contributed by atoms with E-state index in [1.807, 2.05) is 24.3 Å². The summed E-state index contributed by atoms with van der Waals surface area (Å²) in [4.78, 5) is 11.9. The number of hydrogen-bond donors (Lipinski definition) is 3. The van der Waals surface area contributed by atoms with Gasteiger partial charge in [-0.05, 0) is 29.0 Å². The number of alkyl carbamates (subject to hydrolysis) is 1. The van der Waals surface area contributed by atoms with Gasteiger partial charge in [0.1, 0.15) is 6.61 Å². The number of rotatable bonds is 5. The van der Waals surface area contributed by atoms with Crippen LogP contribution in [-0.2, 0) is 11.2 Å². The summed E-state index contributed by atoms with van der Waals surface area (Å²) in [6, 6.07) is 7.20. The van der Waals surface area contributed by atoms with Gasteiger partial charge < -0.3 is 20.9 Å². The Morgan fingerprint density at radius 1 is 1.50 bits per heavy atom. The Kier molecular flexibility index (Phi) is 5.38. The quantitative estimate of drug-likeness (QED) is 0.726. The first-order valence-electron chi connectivity index (χ1n) is 7.04. The van der Waals surface area contributed by atoms with Crippen LogP contribution in [0.4, 0.5) is 4.79 Å². The van der Waals surface area contributed by atoms with Crippen LogP contribution in [0.25, 0.3) is 0 Å². The number of nitrogens with one attached hydrogen (secondary N) is 1. The smallest absolute Gasteiger partial charge is 0.408 e. The number of fused-ring (bicyclic) bond motifs is 1. The van der Waals surface area contributed by atoms with Crippen LogP contribution >= 0.6 is 0 Å². The van der Waals surface area contributed by atoms with E-state index in [-0.39, 0.29) is 6.61 Å². The molecule has 5 heteroatoms. The lowest BCUT2D eigenvalue weighted by Gasteiger charge is -2.17. The molecule has 1 aliphatic carbocycles. The van der Waals surface area contributed by atoms with Gasteiger partial charge in [0, 0.05) is 6.42 Å². The van der Waals surface area contributed by atoms with E-state index in [1.54, 1.807) is 18.2 Å². The standard InChI is InChI=1S/C17H20N2O3/c1-2-5-12(8-9-18)11-22-17(21)19-16-14-7-4-3-6-13(14)10-15(16)20/h2-9,15-16,20H,1,10-11,18H2,(H,19,21)/b9-8-,12-5+/t15-,16+/m0/s1. The molecule has 0 radical (unpaired) electrons. The van der Waals surface area contributed by atoms with Gasteiger partial charge >= 0.3 is 6.09 Å². The van der Waals surface area contributed by atoms with E-state index in [1.165, 1.54) is 6.20 Å². The first-order valence-corrected chi connectivity index (χ1v) is 7.04. The largest absolute Gasteiger partial charge is 0.445 e. The molecule has 1 aromatic rings. The van der Waals surface area contributed by atoms with Gasteiger partial charge in [0.15, 0.2) is 0 Å². The first-order chi connectivity index (χ1) is 10.7. The second-order valence-electron chi connectivity index (χ2n) is 5.00. The highest BCUT2D eigenvalue weighted by molar-refractivity contribution is 5.68. The molecule has 4 N–H and O–H groups in total. The summed E-state index contributed by atoms with van der Waals surface area (Å²) in [5, 5.41) is 12.8. The number of carbonyl (C=O) groups is 1. The van der Waals surface area contributed by atoms with Crippen molar-refractivity contribution in [1.29, 1.82) is 0 Å². The zero-order valence-corrected chi connectivity index (χ0v) is 12.2. The zero-order valence-electron chi connectivity index (χ0n) is 12.2. The number of carbonyl (C=O) groups excluding carboxylic acids is 1. The molecule has 0 bridgehead atoms. The highest BCUT2D eigenvalue weighted by Crippen LogP contribution is 2.31. The molecule has 0 spiro atoms. The van der Waals surface area contributed by atoms with Gasteiger partial charge in [-0.15, -0.1) is 0 Å². The Hall–Kier alpha value is -2.53. The van der Waals surface area contributed by atoms with Crippen molar-refractivity contribution in [2.45, 2.75) is 18.6 Å². The van der Waals surface area contributed by atoms with Crippen LogP contribution in [0.5, 0.6) is 0 Å². The normalized spacial score (nSPS) is 20.7. The predicted octanol–water partition coefficient (Wildman–Crippen LogP) is 1.96. The van der Waals surface area contributed by atoms with Gasteiger partial charge in [-0.3, -0.25) is 0 Å². The highest BCUT2D eigenvalue weighted by Gasteiger charge is 2.32. The lowest BCUT2D eigenvalue weighted by molar-refractivity contribution is 0.117. The van der Waals surface area contributed by atoms with E-state index < -0.39 is 18.2 Å². The van der Waals surface area contributed by atoms with Crippen LogP contribution in [-0.4, -0.2) is 23.9 Å². The van der Waals surface area contributed by atoms with Crippen LogP contribution < -0.4 is 11.1 Å². The molecular weight excluding hydrogens is 280 g/mol. The number of aliphatic hydroxyl groups is 1. The molecular formula is C17H20N2O3. The second-order valence-corrected chi connectivity index (χ2v) is 5.00. The summed E-state index contributed by atoms with van der Waals surface area (Å²) in [6.07, 6.45) is 5.60. The summed E-state index contributed by atoms with van der Waals surface area (Å²) < 4.78 is 5.15. The Balaban J connectivity index is 1.95. The van der Waals surface area contributed by atoms with Crippen LogP contribution in [0.2, 0.25) is 0 Å². The van der Waals surface area contributed by atoms with E-state index in [0.717, 1.165) is 16.7 Å². The monoisotopic (exact) mass is 300 g/mol. The number of hydrogen-bond acceptors (Lipinski definition) is 4. The van der Waals surface area contributed by atoms with Crippen molar-refractivity contribution in [2.24, 2.45) is 5.73 Å². The van der Waals surface area contributed by atoms with Crippen LogP contribution in [0.1, 0.15) is 17.2 Å². The number of allylic oxidation sites excluding steroid dienone is 2. The van der Waals surface area contributed by atoms with E-state index in [9.17, 15) is 9.90 Å². The maximum Gasteiger partial charge on any atom is 0.408 e. The number of benzene rings is 1. The Morgan fingerprint density at radius 2 is 2.27 bits per heavy atom. The molecule has 0 unspecified atom stereocenters. The molecule has 22 heavy (non-hydrogen) atoms. The van der Waals surface area contributed by atoms with E-state index in [0.29, 0.717) is 6.42 Å². The van der Waals surface area contributed by atoms with E-state index in [2.05, 4.69) is 11.9 Å². The van der Waals surface area contributed by atoms with Gasteiger partial charge in [0.25, 0.3) is 0 Å². The Morgan fingerprint density at radius 3 is 3.00 bits per heavy atom. The molecule has 0 saturated heterocycles. The summed E-state index contributed by atoms with van der Waals surface area (Å²) in [5.74, 6) is 0. The Labute approximate surface area is 129 Å². The molecule has 0 heterocycles. The number of ether oxygens (including phenoxy) is 1. The van der Waals surface area contributed by atoms with Crippen LogP contribution in [0.3, 0.4) is 0 Å². The molecule has 1 aromatic carbocycles. The summed E-state index contributed by atoms with van der Waals surface area (Å²) in [7, 11) is 0. The lowest BCUT2D eigenvalue weighted by atomic mass is 10.1. The van der Waals surface area contributed by atoms with Crippen molar-refractivity contribution in [3.63, 3.8) is 0 Å². The van der Waals surface area contributed by atoms with Crippen molar-refractivity contribution in [2.75, 3.05) is 6.61 Å². The zero-order chi connectivity index (χ0) is 15.9. The van der Waals surface area contributed by atoms with Crippen molar-refractivity contribution in [3.8, 4) is 0 Å². The molecule has 1 amide bonds. The minimum Gasteiger partial charge on any atom is -0.445 e. The van der Waals surface area contributed by atoms with Gasteiger partial charge in [-0.25, -0.2) is 4.79 Å². The summed E-state index contributed by atoms with van der Waals surface area (Å²) in [5.41, 5.74) is 8.01. The third kappa shape index (κ3) is 3.77. The third-order valence-corrected chi connectivity index (χ3v) is 3.49. The number of aliphatic hydroxyl groups excluding tert-OH is 1. The van der Waals surface area contributed by atoms with Crippen LogP contribution in [0, 0.1) is 0 Å². The Bertz CT molecular complexity index is 608. The van der Waals surface area contributed by atoms with Crippen molar-refractivity contribution >= 4 is 6.09 Å². The summed E-state index contributed by atoms with van der Waals surface area (Å²) in [6.45, 7) is 3.67. The fourth-order valence-electron chi connectivity index (χ4n) is 2.49. The molecule has 116 valence electrons. The fraction of sp³-hybridized carbons (Fsp3) is 0.235. The molecule has 2 rings (SSSR count). The molecule has 0 aliphatic heterocycles. The summed E-state index contributed by atoms with van der Waals surface area (Å²) >= 11 is 0. The van der Waals surface area contributed by atoms with Crippen molar-refractivity contribution in [3.05, 3.63) is 72.0 Å². The van der Waals surface area contributed by atoms with E-state index in [4.69, 9.17) is 10.5 Å². The maximum absolute atomic E-state index is 11.9. The molecule has 2 atom stereocenters. The number of nitrogens with two attached hydrogens (primary N) is 1. The first kappa shape index (κ1) is 15.9. The third-order valence-electron chi connectivity index (χ3n) is 3.49. The average molecular weight is 300 g/mol. The SMILES string of the molecule is C=C/C=C(\C=C/N)COC(=O)N[C@@H]1c2ccccc2C[C@@H]1O. The number of amides is 1.